The molecular weight excluding hydrogens is 242 g/mol. The van der Waals surface area contributed by atoms with Crippen molar-refractivity contribution in [3.63, 3.8) is 0 Å². The molecule has 0 saturated heterocycles. The summed E-state index contributed by atoms with van der Waals surface area (Å²) in [4.78, 5) is 25.9. The lowest BCUT2D eigenvalue weighted by Crippen LogP contribution is -2.45. The maximum absolute atomic E-state index is 12.5. The summed E-state index contributed by atoms with van der Waals surface area (Å²) in [6.45, 7) is 8.48. The Bertz CT molecular complexity index is 314. The molecule has 1 rings (SSSR count). The Morgan fingerprint density at radius 2 is 1.79 bits per heavy atom. The van der Waals surface area contributed by atoms with E-state index in [0.29, 0.717) is 25.6 Å². The summed E-state index contributed by atoms with van der Waals surface area (Å²) in [5, 5.41) is 0. The molecule has 0 N–H and O–H groups in total. The van der Waals surface area contributed by atoms with Crippen molar-refractivity contribution in [1.29, 1.82) is 0 Å². The SMILES string of the molecule is CCOC(=O)CCN(C(=O)C(C)(C)C)C1CCCC1. The predicted molar refractivity (Wildman–Crippen MR) is 74.7 cm³/mol. The molecule has 1 aliphatic rings. The fourth-order valence-corrected chi connectivity index (χ4v) is 2.54. The maximum atomic E-state index is 12.5. The number of carbonyl (C=O) groups excluding carboxylic acids is 2. The van der Waals surface area contributed by atoms with Crippen molar-refractivity contribution >= 4 is 11.9 Å². The van der Waals surface area contributed by atoms with Gasteiger partial charge >= 0.3 is 5.97 Å². The first-order chi connectivity index (χ1) is 8.86. The zero-order valence-electron chi connectivity index (χ0n) is 12.7. The van der Waals surface area contributed by atoms with Crippen molar-refractivity contribution in [2.24, 2.45) is 5.41 Å². The summed E-state index contributed by atoms with van der Waals surface area (Å²) in [6, 6.07) is 0.307. The van der Waals surface area contributed by atoms with Crippen LogP contribution in [0.3, 0.4) is 0 Å². The Balaban J connectivity index is 2.64. The second kappa shape index (κ2) is 6.92. The monoisotopic (exact) mass is 269 g/mol. The van der Waals surface area contributed by atoms with E-state index in [4.69, 9.17) is 4.74 Å². The third kappa shape index (κ3) is 4.84. The smallest absolute Gasteiger partial charge is 0.307 e. The average molecular weight is 269 g/mol. The Morgan fingerprint density at radius 3 is 2.26 bits per heavy atom. The zero-order valence-corrected chi connectivity index (χ0v) is 12.7. The highest BCUT2D eigenvalue weighted by Crippen LogP contribution is 2.28. The third-order valence-electron chi connectivity index (χ3n) is 3.53. The minimum Gasteiger partial charge on any atom is -0.466 e. The van der Waals surface area contributed by atoms with Crippen LogP contribution in [0.2, 0.25) is 0 Å². The summed E-state index contributed by atoms with van der Waals surface area (Å²) in [5.74, 6) is -0.0732. The van der Waals surface area contributed by atoms with E-state index in [0.717, 1.165) is 12.8 Å². The van der Waals surface area contributed by atoms with E-state index in [2.05, 4.69) is 0 Å². The van der Waals surface area contributed by atoms with E-state index in [1.807, 2.05) is 25.7 Å². The molecule has 4 heteroatoms. The van der Waals surface area contributed by atoms with Crippen LogP contribution in [0.15, 0.2) is 0 Å². The highest BCUT2D eigenvalue weighted by molar-refractivity contribution is 5.82. The molecule has 0 aliphatic heterocycles. The molecule has 0 radical (unpaired) electrons. The van der Waals surface area contributed by atoms with Crippen molar-refractivity contribution in [3.05, 3.63) is 0 Å². The van der Waals surface area contributed by atoms with Crippen LogP contribution in [0.5, 0.6) is 0 Å². The molecule has 0 unspecified atom stereocenters. The fourth-order valence-electron chi connectivity index (χ4n) is 2.54. The molecule has 19 heavy (non-hydrogen) atoms. The van der Waals surface area contributed by atoms with E-state index in [9.17, 15) is 9.59 Å². The second-order valence-corrected chi connectivity index (χ2v) is 6.24. The fraction of sp³-hybridized carbons (Fsp3) is 0.867. The molecule has 0 aromatic carbocycles. The molecule has 0 spiro atoms. The van der Waals surface area contributed by atoms with Gasteiger partial charge in [-0.3, -0.25) is 9.59 Å². The maximum Gasteiger partial charge on any atom is 0.307 e. The van der Waals surface area contributed by atoms with E-state index in [-0.39, 0.29) is 11.9 Å². The Kier molecular flexibility index (Phi) is 5.83. The van der Waals surface area contributed by atoms with Gasteiger partial charge in [-0.25, -0.2) is 0 Å². The number of rotatable bonds is 5. The van der Waals surface area contributed by atoms with Crippen molar-refractivity contribution in [2.45, 2.75) is 65.8 Å². The van der Waals surface area contributed by atoms with Crippen molar-refractivity contribution in [1.82, 2.24) is 4.90 Å². The molecule has 0 heterocycles. The molecule has 110 valence electrons. The summed E-state index contributed by atoms with van der Waals surface area (Å²) < 4.78 is 4.94. The highest BCUT2D eigenvalue weighted by Gasteiger charge is 2.33. The van der Waals surface area contributed by atoms with Crippen LogP contribution in [-0.2, 0) is 14.3 Å². The van der Waals surface area contributed by atoms with Gasteiger partial charge in [0.15, 0.2) is 0 Å². The van der Waals surface area contributed by atoms with E-state index in [1.54, 1.807) is 6.92 Å². The van der Waals surface area contributed by atoms with Gasteiger partial charge in [-0.2, -0.15) is 0 Å². The lowest BCUT2D eigenvalue weighted by Gasteiger charge is -2.34. The number of carbonyl (C=O) groups is 2. The number of ether oxygens (including phenoxy) is 1. The standard InChI is InChI=1S/C15H27NO3/c1-5-19-13(17)10-11-16(12-8-6-7-9-12)14(18)15(2,3)4/h12H,5-11H2,1-4H3. The Morgan fingerprint density at radius 1 is 1.21 bits per heavy atom. The van der Waals surface area contributed by atoms with Gasteiger partial charge in [0.05, 0.1) is 13.0 Å². The minimum absolute atomic E-state index is 0.142. The van der Waals surface area contributed by atoms with Gasteiger partial charge in [0, 0.05) is 18.0 Å². The lowest BCUT2D eigenvalue weighted by molar-refractivity contribution is -0.146. The first kappa shape index (κ1) is 16.0. The number of hydrogen-bond acceptors (Lipinski definition) is 3. The minimum atomic E-state index is -0.392. The number of esters is 1. The molecule has 0 bridgehead atoms. The van der Waals surface area contributed by atoms with Crippen LogP contribution < -0.4 is 0 Å². The molecule has 1 amide bonds. The van der Waals surface area contributed by atoms with Gasteiger partial charge in [-0.1, -0.05) is 33.6 Å². The molecule has 1 saturated carbocycles. The number of amides is 1. The van der Waals surface area contributed by atoms with Gasteiger partial charge in [-0.05, 0) is 19.8 Å². The van der Waals surface area contributed by atoms with E-state index >= 15 is 0 Å². The first-order valence-corrected chi connectivity index (χ1v) is 7.33. The quantitative estimate of drug-likeness (QED) is 0.721. The number of nitrogens with zero attached hydrogens (tertiary/aromatic N) is 1. The highest BCUT2D eigenvalue weighted by atomic mass is 16.5. The summed E-state index contributed by atoms with van der Waals surface area (Å²) in [5.41, 5.74) is -0.392. The topological polar surface area (TPSA) is 46.6 Å². The normalized spacial score (nSPS) is 16.4. The Labute approximate surface area is 116 Å². The lowest BCUT2D eigenvalue weighted by atomic mass is 9.93. The summed E-state index contributed by atoms with van der Waals surface area (Å²) in [7, 11) is 0. The zero-order chi connectivity index (χ0) is 14.5. The van der Waals surface area contributed by atoms with Crippen LogP contribution in [0.25, 0.3) is 0 Å². The molecule has 0 atom stereocenters. The molecule has 0 aromatic rings. The van der Waals surface area contributed by atoms with Crippen LogP contribution in [0, 0.1) is 5.41 Å². The van der Waals surface area contributed by atoms with Crippen molar-refractivity contribution < 1.29 is 14.3 Å². The van der Waals surface area contributed by atoms with Gasteiger partial charge in [0.1, 0.15) is 0 Å². The van der Waals surface area contributed by atoms with Crippen molar-refractivity contribution in [2.75, 3.05) is 13.2 Å². The molecule has 4 nitrogen and oxygen atoms in total. The predicted octanol–water partition coefficient (Wildman–Crippen LogP) is 2.76. The van der Waals surface area contributed by atoms with Gasteiger partial charge in [0.2, 0.25) is 5.91 Å². The van der Waals surface area contributed by atoms with Gasteiger partial charge in [0.25, 0.3) is 0 Å². The van der Waals surface area contributed by atoms with Crippen molar-refractivity contribution in [3.8, 4) is 0 Å². The molecular formula is C15H27NO3. The van der Waals surface area contributed by atoms with E-state index in [1.165, 1.54) is 12.8 Å². The summed E-state index contributed by atoms with van der Waals surface area (Å²) in [6.07, 6.45) is 4.78. The summed E-state index contributed by atoms with van der Waals surface area (Å²) >= 11 is 0. The van der Waals surface area contributed by atoms with Crippen LogP contribution in [0.1, 0.15) is 59.8 Å². The first-order valence-electron chi connectivity index (χ1n) is 7.33. The molecule has 0 aromatic heterocycles. The third-order valence-corrected chi connectivity index (χ3v) is 3.53. The average Bonchev–Trinajstić information content (AvgIpc) is 2.82. The Hall–Kier alpha value is -1.06. The van der Waals surface area contributed by atoms with Crippen LogP contribution in [0.4, 0.5) is 0 Å². The van der Waals surface area contributed by atoms with Crippen LogP contribution >= 0.6 is 0 Å². The molecule has 1 fully saturated rings. The molecule has 1 aliphatic carbocycles. The number of hydrogen-bond donors (Lipinski definition) is 0. The van der Waals surface area contributed by atoms with E-state index < -0.39 is 5.41 Å². The van der Waals surface area contributed by atoms with Gasteiger partial charge in [-0.15, -0.1) is 0 Å². The second-order valence-electron chi connectivity index (χ2n) is 6.24. The largest absolute Gasteiger partial charge is 0.466 e. The van der Waals surface area contributed by atoms with Crippen LogP contribution in [-0.4, -0.2) is 36.0 Å². The van der Waals surface area contributed by atoms with Gasteiger partial charge < -0.3 is 9.64 Å².